The molecule has 0 spiro atoms. The normalized spacial score (nSPS) is 10.8. The number of nitrogens with zero attached hydrogens (tertiary/aromatic N) is 1. The molecule has 2 rings (SSSR count). The van der Waals surface area contributed by atoms with Crippen molar-refractivity contribution in [3.8, 4) is 0 Å². The molecule has 0 aliphatic carbocycles. The highest BCUT2D eigenvalue weighted by molar-refractivity contribution is 5.93. The molecule has 0 atom stereocenters. The third-order valence-electron chi connectivity index (χ3n) is 4.12. The van der Waals surface area contributed by atoms with Crippen LogP contribution in [-0.4, -0.2) is 18.7 Å². The van der Waals surface area contributed by atoms with Gasteiger partial charge in [-0.1, -0.05) is 68.4 Å². The molecule has 1 N–H and O–H groups in total. The van der Waals surface area contributed by atoms with Crippen molar-refractivity contribution in [1.29, 1.82) is 0 Å². The van der Waals surface area contributed by atoms with Crippen LogP contribution in [0.25, 0.3) is 0 Å². The van der Waals surface area contributed by atoms with Gasteiger partial charge >= 0.3 is 0 Å². The molecule has 1 amide bonds. The molecule has 0 heterocycles. The van der Waals surface area contributed by atoms with Crippen molar-refractivity contribution < 1.29 is 9.63 Å². The maximum Gasteiger partial charge on any atom is 0.265 e. The average Bonchev–Trinajstić information content (AvgIpc) is 2.65. The molecule has 4 heteroatoms. The van der Waals surface area contributed by atoms with Crippen LogP contribution in [0.4, 0.5) is 5.69 Å². The van der Waals surface area contributed by atoms with E-state index in [-0.39, 0.29) is 12.5 Å². The van der Waals surface area contributed by atoms with Crippen LogP contribution >= 0.6 is 0 Å². The number of para-hydroxylation sites is 1. The highest BCUT2D eigenvalue weighted by Gasteiger charge is 2.10. The quantitative estimate of drug-likeness (QED) is 0.574. The zero-order chi connectivity index (χ0) is 18.1. The summed E-state index contributed by atoms with van der Waals surface area (Å²) in [7, 11) is 0. The Morgan fingerprint density at radius 3 is 2.20 bits per heavy atom. The molecule has 132 valence electrons. The van der Waals surface area contributed by atoms with Crippen LogP contribution in [0.2, 0.25) is 0 Å². The molecule has 0 aromatic heterocycles. The Labute approximate surface area is 149 Å². The predicted molar refractivity (Wildman–Crippen MR) is 103 cm³/mol. The number of anilines is 1. The number of nitrogens with one attached hydrogen (secondary N) is 1. The van der Waals surface area contributed by atoms with E-state index in [4.69, 9.17) is 4.84 Å². The lowest BCUT2D eigenvalue weighted by molar-refractivity contribution is -0.120. The fourth-order valence-corrected chi connectivity index (χ4v) is 2.61. The van der Waals surface area contributed by atoms with Gasteiger partial charge in [-0.2, -0.15) is 0 Å². The van der Waals surface area contributed by atoms with Crippen molar-refractivity contribution in [1.82, 2.24) is 0 Å². The molecule has 0 aliphatic heterocycles. The molecule has 0 saturated heterocycles. The fourth-order valence-electron chi connectivity index (χ4n) is 2.61. The van der Waals surface area contributed by atoms with Gasteiger partial charge in [0.15, 0.2) is 6.61 Å². The van der Waals surface area contributed by atoms with E-state index in [2.05, 4.69) is 43.4 Å². The second-order valence-corrected chi connectivity index (χ2v) is 5.81. The van der Waals surface area contributed by atoms with Crippen molar-refractivity contribution in [2.75, 3.05) is 11.9 Å². The number of aryl methyl sites for hydroxylation is 3. The molecule has 2 aromatic carbocycles. The summed E-state index contributed by atoms with van der Waals surface area (Å²) < 4.78 is 0. The van der Waals surface area contributed by atoms with Crippen LogP contribution in [0, 0.1) is 0 Å². The summed E-state index contributed by atoms with van der Waals surface area (Å²) in [6.45, 7) is 6.17. The second kappa shape index (κ2) is 9.62. The molecule has 0 bridgehead atoms. The minimum absolute atomic E-state index is 0.106. The summed E-state index contributed by atoms with van der Waals surface area (Å²) in [6, 6.07) is 14.2. The minimum atomic E-state index is -0.200. The summed E-state index contributed by atoms with van der Waals surface area (Å²) in [5.74, 6) is -0.200. The van der Waals surface area contributed by atoms with Crippen molar-refractivity contribution in [3.05, 3.63) is 64.7 Å². The number of rotatable bonds is 8. The summed E-state index contributed by atoms with van der Waals surface area (Å²) >= 11 is 0. The zero-order valence-electron chi connectivity index (χ0n) is 15.2. The molecule has 2 aromatic rings. The van der Waals surface area contributed by atoms with Gasteiger partial charge in [0.05, 0.1) is 6.21 Å². The summed E-state index contributed by atoms with van der Waals surface area (Å²) in [4.78, 5) is 17.3. The third kappa shape index (κ3) is 5.45. The summed E-state index contributed by atoms with van der Waals surface area (Å²) in [5.41, 5.74) is 5.39. The fraction of sp³-hybridized carbons (Fsp3) is 0.333. The SMILES string of the molecule is CCc1ccc(/C=N\OCC(=O)Nc2c(CC)cccc2CC)cc1. The van der Waals surface area contributed by atoms with Crippen LogP contribution < -0.4 is 5.32 Å². The van der Waals surface area contributed by atoms with Gasteiger partial charge in [0.25, 0.3) is 5.91 Å². The molecular weight excluding hydrogens is 312 g/mol. The number of hydrogen-bond acceptors (Lipinski definition) is 3. The van der Waals surface area contributed by atoms with E-state index < -0.39 is 0 Å². The van der Waals surface area contributed by atoms with Gasteiger partial charge < -0.3 is 10.2 Å². The van der Waals surface area contributed by atoms with E-state index in [1.807, 2.05) is 30.3 Å². The first-order chi connectivity index (χ1) is 12.2. The lowest BCUT2D eigenvalue weighted by atomic mass is 10.0. The van der Waals surface area contributed by atoms with E-state index in [9.17, 15) is 4.79 Å². The largest absolute Gasteiger partial charge is 0.386 e. The Balaban J connectivity index is 1.89. The smallest absolute Gasteiger partial charge is 0.265 e. The minimum Gasteiger partial charge on any atom is -0.386 e. The first kappa shape index (κ1) is 18.7. The number of benzene rings is 2. The van der Waals surface area contributed by atoms with Crippen molar-refractivity contribution >= 4 is 17.8 Å². The second-order valence-electron chi connectivity index (χ2n) is 5.81. The standard InChI is InChI=1S/C21H26N2O2/c1-4-16-10-12-17(13-11-16)14-22-25-15-20(24)23-21-18(5-2)8-7-9-19(21)6-3/h7-14H,4-6,15H2,1-3H3,(H,23,24)/b22-14-. The van der Waals surface area contributed by atoms with Gasteiger partial charge in [-0.15, -0.1) is 0 Å². The van der Waals surface area contributed by atoms with Crippen molar-refractivity contribution in [3.63, 3.8) is 0 Å². The molecule has 0 radical (unpaired) electrons. The van der Waals surface area contributed by atoms with Crippen LogP contribution in [0.5, 0.6) is 0 Å². The van der Waals surface area contributed by atoms with Gasteiger partial charge in [0, 0.05) is 5.69 Å². The molecular formula is C21H26N2O2. The van der Waals surface area contributed by atoms with E-state index >= 15 is 0 Å². The molecule has 0 unspecified atom stereocenters. The van der Waals surface area contributed by atoms with E-state index in [0.717, 1.165) is 41.6 Å². The monoisotopic (exact) mass is 338 g/mol. The number of oxime groups is 1. The number of amides is 1. The van der Waals surface area contributed by atoms with Crippen LogP contribution in [0.1, 0.15) is 43.0 Å². The summed E-state index contributed by atoms with van der Waals surface area (Å²) in [5, 5.41) is 6.83. The zero-order valence-corrected chi connectivity index (χ0v) is 15.2. The Morgan fingerprint density at radius 2 is 1.64 bits per heavy atom. The third-order valence-corrected chi connectivity index (χ3v) is 4.12. The highest BCUT2D eigenvalue weighted by Crippen LogP contribution is 2.22. The van der Waals surface area contributed by atoms with Gasteiger partial charge in [-0.25, -0.2) is 0 Å². The Hall–Kier alpha value is -2.62. The van der Waals surface area contributed by atoms with Crippen molar-refractivity contribution in [2.24, 2.45) is 5.16 Å². The summed E-state index contributed by atoms with van der Waals surface area (Å²) in [6.07, 6.45) is 4.36. The maximum absolute atomic E-state index is 12.1. The van der Waals surface area contributed by atoms with Gasteiger partial charge in [-0.3, -0.25) is 4.79 Å². The molecule has 0 aliphatic rings. The van der Waals surface area contributed by atoms with E-state index in [0.29, 0.717) is 0 Å². The van der Waals surface area contributed by atoms with Crippen molar-refractivity contribution in [2.45, 2.75) is 40.0 Å². The molecule has 4 nitrogen and oxygen atoms in total. The first-order valence-electron chi connectivity index (χ1n) is 8.82. The van der Waals surface area contributed by atoms with Crippen LogP contribution in [0.15, 0.2) is 47.6 Å². The highest BCUT2D eigenvalue weighted by atomic mass is 16.6. The molecule has 0 saturated carbocycles. The Morgan fingerprint density at radius 1 is 1.00 bits per heavy atom. The maximum atomic E-state index is 12.1. The van der Waals surface area contributed by atoms with Crippen LogP contribution in [-0.2, 0) is 28.9 Å². The average molecular weight is 338 g/mol. The lowest BCUT2D eigenvalue weighted by Gasteiger charge is -2.13. The van der Waals surface area contributed by atoms with Gasteiger partial charge in [0.1, 0.15) is 0 Å². The molecule has 0 fully saturated rings. The number of carbonyl (C=O) groups excluding carboxylic acids is 1. The van der Waals surface area contributed by atoms with Gasteiger partial charge in [-0.05, 0) is 41.5 Å². The number of hydrogen-bond donors (Lipinski definition) is 1. The topological polar surface area (TPSA) is 50.7 Å². The molecule has 25 heavy (non-hydrogen) atoms. The van der Waals surface area contributed by atoms with Crippen LogP contribution in [0.3, 0.4) is 0 Å². The van der Waals surface area contributed by atoms with E-state index in [1.54, 1.807) is 6.21 Å². The Kier molecular flexibility index (Phi) is 7.20. The first-order valence-corrected chi connectivity index (χ1v) is 8.82. The van der Waals surface area contributed by atoms with E-state index in [1.165, 1.54) is 5.56 Å². The predicted octanol–water partition coefficient (Wildman–Crippen LogP) is 4.36. The Bertz CT molecular complexity index is 699. The van der Waals surface area contributed by atoms with Gasteiger partial charge in [0.2, 0.25) is 0 Å². The number of carbonyl (C=O) groups is 1. The lowest BCUT2D eigenvalue weighted by Crippen LogP contribution is -2.19.